The first kappa shape index (κ1) is 17.5. The van der Waals surface area contributed by atoms with E-state index < -0.39 is 11.7 Å². The van der Waals surface area contributed by atoms with Crippen LogP contribution in [0.25, 0.3) is 16.5 Å². The fraction of sp³-hybridized carbons (Fsp3) is 0.438. The SMILES string of the molecule is COc1c(Cl)ncc2c1c(C1=CN(C)NC1)nn2C(=O)OC(C)(C)C. The molecular weight excluding hydrogens is 346 g/mol. The highest BCUT2D eigenvalue weighted by atomic mass is 35.5. The molecule has 0 aliphatic carbocycles. The fourth-order valence-electron chi connectivity index (χ4n) is 2.59. The van der Waals surface area contributed by atoms with E-state index in [1.54, 1.807) is 20.8 Å². The minimum absolute atomic E-state index is 0.208. The Balaban J connectivity index is 2.23. The molecule has 9 heteroatoms. The van der Waals surface area contributed by atoms with Gasteiger partial charge in [0.05, 0.1) is 18.7 Å². The van der Waals surface area contributed by atoms with E-state index in [1.165, 1.54) is 18.0 Å². The summed E-state index contributed by atoms with van der Waals surface area (Å²) in [5.74, 6) is 0.374. The molecule has 8 nitrogen and oxygen atoms in total. The molecule has 0 saturated heterocycles. The zero-order chi connectivity index (χ0) is 18.4. The number of halogens is 1. The molecule has 0 amide bonds. The minimum Gasteiger partial charge on any atom is -0.493 e. The van der Waals surface area contributed by atoms with E-state index >= 15 is 0 Å². The third kappa shape index (κ3) is 3.27. The van der Waals surface area contributed by atoms with Gasteiger partial charge in [-0.1, -0.05) is 11.6 Å². The number of methoxy groups -OCH3 is 1. The first-order valence-corrected chi connectivity index (χ1v) is 8.11. The van der Waals surface area contributed by atoms with E-state index in [2.05, 4.69) is 15.5 Å². The third-order valence-corrected chi connectivity index (χ3v) is 3.85. The topological polar surface area (TPSA) is 81.5 Å². The number of nitrogens with one attached hydrogen (secondary N) is 1. The van der Waals surface area contributed by atoms with Crippen molar-refractivity contribution in [2.45, 2.75) is 26.4 Å². The summed E-state index contributed by atoms with van der Waals surface area (Å²) in [5.41, 5.74) is 4.47. The van der Waals surface area contributed by atoms with Gasteiger partial charge >= 0.3 is 6.09 Å². The predicted molar refractivity (Wildman–Crippen MR) is 94.5 cm³/mol. The summed E-state index contributed by atoms with van der Waals surface area (Å²) >= 11 is 6.17. The number of nitrogens with zero attached hydrogens (tertiary/aromatic N) is 4. The number of fused-ring (bicyclic) bond motifs is 1. The van der Waals surface area contributed by atoms with Crippen molar-refractivity contribution in [3.8, 4) is 5.75 Å². The third-order valence-electron chi connectivity index (χ3n) is 3.58. The van der Waals surface area contributed by atoms with Gasteiger partial charge in [0.15, 0.2) is 10.9 Å². The predicted octanol–water partition coefficient (Wildman–Crippen LogP) is 2.67. The maximum Gasteiger partial charge on any atom is 0.435 e. The number of aromatic nitrogens is 3. The van der Waals surface area contributed by atoms with Crippen LogP contribution < -0.4 is 10.2 Å². The Bertz CT molecular complexity index is 869. The van der Waals surface area contributed by atoms with E-state index in [9.17, 15) is 4.79 Å². The second-order valence-corrected chi connectivity index (χ2v) is 7.04. The van der Waals surface area contributed by atoms with Gasteiger partial charge in [0.25, 0.3) is 0 Å². The zero-order valence-electron chi connectivity index (χ0n) is 14.8. The van der Waals surface area contributed by atoms with E-state index in [-0.39, 0.29) is 5.15 Å². The van der Waals surface area contributed by atoms with Crippen molar-refractivity contribution < 1.29 is 14.3 Å². The van der Waals surface area contributed by atoms with Crippen LogP contribution in [0.3, 0.4) is 0 Å². The molecule has 25 heavy (non-hydrogen) atoms. The standard InChI is InChI=1S/C16H20ClN5O3/c1-16(2,3)25-15(23)22-10-7-18-14(17)13(24-5)11(10)12(20-22)9-6-19-21(4)8-9/h7-8,19H,6H2,1-5H3. The van der Waals surface area contributed by atoms with Gasteiger partial charge in [-0.05, 0) is 20.8 Å². The molecule has 3 heterocycles. The van der Waals surface area contributed by atoms with Gasteiger partial charge in [0.1, 0.15) is 16.8 Å². The van der Waals surface area contributed by atoms with Crippen LogP contribution in [-0.4, -0.2) is 52.2 Å². The van der Waals surface area contributed by atoms with Crippen LogP contribution in [0.2, 0.25) is 5.15 Å². The summed E-state index contributed by atoms with van der Waals surface area (Å²) in [4.78, 5) is 16.7. The highest BCUT2D eigenvalue weighted by molar-refractivity contribution is 6.32. The molecule has 1 aliphatic rings. The fourth-order valence-corrected chi connectivity index (χ4v) is 2.81. The van der Waals surface area contributed by atoms with Crippen LogP contribution >= 0.6 is 11.6 Å². The summed E-state index contributed by atoms with van der Waals surface area (Å²) < 4.78 is 12.1. The second kappa shape index (κ2) is 6.20. The summed E-state index contributed by atoms with van der Waals surface area (Å²) in [6.07, 6.45) is 2.80. The average molecular weight is 366 g/mol. The second-order valence-electron chi connectivity index (χ2n) is 6.68. The Morgan fingerprint density at radius 3 is 2.68 bits per heavy atom. The molecule has 1 aliphatic heterocycles. The lowest BCUT2D eigenvalue weighted by Gasteiger charge is -2.19. The Morgan fingerprint density at radius 1 is 1.40 bits per heavy atom. The van der Waals surface area contributed by atoms with E-state index in [1.807, 2.05) is 18.3 Å². The normalized spacial score (nSPS) is 14.8. The zero-order valence-corrected chi connectivity index (χ0v) is 15.5. The van der Waals surface area contributed by atoms with Gasteiger partial charge in [-0.3, -0.25) is 0 Å². The lowest BCUT2D eigenvalue weighted by Crippen LogP contribution is -2.27. The highest BCUT2D eigenvalue weighted by Crippen LogP contribution is 2.37. The molecule has 0 fully saturated rings. The van der Waals surface area contributed by atoms with Gasteiger partial charge in [0.2, 0.25) is 0 Å². The monoisotopic (exact) mass is 365 g/mol. The number of hydrazine groups is 1. The van der Waals surface area contributed by atoms with Crippen LogP contribution in [0.4, 0.5) is 4.79 Å². The van der Waals surface area contributed by atoms with E-state index in [0.29, 0.717) is 28.9 Å². The molecule has 0 atom stereocenters. The molecule has 3 rings (SSSR count). The van der Waals surface area contributed by atoms with Crippen LogP contribution in [0.15, 0.2) is 12.4 Å². The largest absolute Gasteiger partial charge is 0.493 e. The van der Waals surface area contributed by atoms with Crippen molar-refractivity contribution in [1.29, 1.82) is 0 Å². The molecule has 1 N–H and O–H groups in total. The Hall–Kier alpha value is -2.32. The van der Waals surface area contributed by atoms with Crippen molar-refractivity contribution in [1.82, 2.24) is 25.2 Å². The summed E-state index contributed by atoms with van der Waals surface area (Å²) in [5, 5.41) is 7.12. The highest BCUT2D eigenvalue weighted by Gasteiger charge is 2.27. The molecule has 0 aromatic carbocycles. The van der Waals surface area contributed by atoms with Crippen LogP contribution in [0.5, 0.6) is 5.75 Å². The maximum absolute atomic E-state index is 12.6. The van der Waals surface area contributed by atoms with E-state index in [0.717, 1.165) is 5.57 Å². The molecule has 0 bridgehead atoms. The molecular formula is C16H20ClN5O3. The maximum atomic E-state index is 12.6. The van der Waals surface area contributed by atoms with Gasteiger partial charge in [-0.2, -0.15) is 9.78 Å². The molecule has 2 aromatic rings. The molecule has 0 saturated carbocycles. The lowest BCUT2D eigenvalue weighted by molar-refractivity contribution is 0.0522. The van der Waals surface area contributed by atoms with Gasteiger partial charge in [0, 0.05) is 25.4 Å². The summed E-state index contributed by atoms with van der Waals surface area (Å²) in [6, 6.07) is 0. The Labute approximate surface area is 150 Å². The van der Waals surface area contributed by atoms with Gasteiger partial charge < -0.3 is 14.5 Å². The number of ether oxygens (including phenoxy) is 2. The first-order valence-electron chi connectivity index (χ1n) is 7.73. The van der Waals surface area contributed by atoms with Crippen molar-refractivity contribution in [3.63, 3.8) is 0 Å². The lowest BCUT2D eigenvalue weighted by atomic mass is 10.1. The van der Waals surface area contributed by atoms with Crippen molar-refractivity contribution >= 4 is 34.2 Å². The first-order chi connectivity index (χ1) is 11.7. The number of hydrogen-bond acceptors (Lipinski definition) is 7. The summed E-state index contributed by atoms with van der Waals surface area (Å²) in [6.45, 7) is 5.96. The molecule has 0 spiro atoms. The smallest absolute Gasteiger partial charge is 0.435 e. The number of hydrogen-bond donors (Lipinski definition) is 1. The van der Waals surface area contributed by atoms with Crippen LogP contribution in [-0.2, 0) is 4.74 Å². The van der Waals surface area contributed by atoms with Gasteiger partial charge in [-0.25, -0.2) is 15.2 Å². The average Bonchev–Trinajstić information content (AvgIpc) is 3.09. The quantitative estimate of drug-likeness (QED) is 0.819. The Kier molecular flexibility index (Phi) is 4.34. The molecule has 0 radical (unpaired) electrons. The van der Waals surface area contributed by atoms with Crippen LogP contribution in [0, 0.1) is 0 Å². The molecule has 2 aromatic heterocycles. The number of rotatable bonds is 2. The number of pyridine rings is 1. The summed E-state index contributed by atoms with van der Waals surface area (Å²) in [7, 11) is 3.39. The molecule has 134 valence electrons. The van der Waals surface area contributed by atoms with Crippen molar-refractivity contribution in [3.05, 3.63) is 23.2 Å². The molecule has 0 unspecified atom stereocenters. The van der Waals surface area contributed by atoms with Crippen LogP contribution in [0.1, 0.15) is 26.5 Å². The van der Waals surface area contributed by atoms with E-state index in [4.69, 9.17) is 21.1 Å². The van der Waals surface area contributed by atoms with Gasteiger partial charge in [-0.15, -0.1) is 0 Å². The Morgan fingerprint density at radius 2 is 2.12 bits per heavy atom. The minimum atomic E-state index is -0.645. The number of carbonyl (C=O) groups is 1. The van der Waals surface area contributed by atoms with Crippen molar-refractivity contribution in [2.24, 2.45) is 0 Å². The van der Waals surface area contributed by atoms with Crippen molar-refractivity contribution in [2.75, 3.05) is 20.7 Å². The number of carbonyl (C=O) groups excluding carboxylic acids is 1.